The number of aromatic amines is 1. The summed E-state index contributed by atoms with van der Waals surface area (Å²) in [7, 11) is 0. The van der Waals surface area contributed by atoms with Gasteiger partial charge in [0, 0.05) is 17.5 Å². The minimum atomic E-state index is -0.205. The maximum atomic E-state index is 13.8. The summed E-state index contributed by atoms with van der Waals surface area (Å²) in [6.45, 7) is 2.24. The molecule has 2 heterocycles. The molecule has 5 heteroatoms. The van der Waals surface area contributed by atoms with Gasteiger partial charge < -0.3 is 4.98 Å². The van der Waals surface area contributed by atoms with Crippen LogP contribution in [0.3, 0.4) is 0 Å². The number of benzene rings is 2. The number of hydrogen-bond acceptors (Lipinski definition) is 3. The van der Waals surface area contributed by atoms with Crippen LogP contribution in [0.25, 0.3) is 21.9 Å². The van der Waals surface area contributed by atoms with Crippen molar-refractivity contribution in [2.75, 3.05) is 0 Å². The first kappa shape index (κ1) is 18.7. The first-order valence-electron chi connectivity index (χ1n) is 10.6. The number of halogens is 1. The fraction of sp³-hybridized carbons (Fsp3) is 0.320. The van der Waals surface area contributed by atoms with Crippen LogP contribution in [0.1, 0.15) is 61.4 Å². The van der Waals surface area contributed by atoms with E-state index in [1.165, 1.54) is 11.6 Å². The number of nitrogens with one attached hydrogen (secondary N) is 1. The van der Waals surface area contributed by atoms with Crippen LogP contribution in [-0.4, -0.2) is 15.0 Å². The van der Waals surface area contributed by atoms with E-state index in [4.69, 9.17) is 10.2 Å². The van der Waals surface area contributed by atoms with Crippen LogP contribution >= 0.6 is 0 Å². The summed E-state index contributed by atoms with van der Waals surface area (Å²) in [5.74, 6) is 2.12. The second-order valence-corrected chi connectivity index (χ2v) is 8.43. The highest BCUT2D eigenvalue weighted by Crippen LogP contribution is 2.42. The first-order valence-corrected chi connectivity index (χ1v) is 10.6. The van der Waals surface area contributed by atoms with Gasteiger partial charge >= 0.3 is 0 Å². The number of imidazole rings is 1. The van der Waals surface area contributed by atoms with Crippen molar-refractivity contribution in [3.05, 3.63) is 71.4 Å². The average molecular weight is 398 g/mol. The van der Waals surface area contributed by atoms with Gasteiger partial charge in [-0.2, -0.15) is 5.26 Å². The molecule has 1 aliphatic carbocycles. The van der Waals surface area contributed by atoms with Crippen molar-refractivity contribution in [2.24, 2.45) is 5.92 Å². The van der Waals surface area contributed by atoms with Crippen LogP contribution in [0.2, 0.25) is 0 Å². The zero-order valence-electron chi connectivity index (χ0n) is 16.9. The molecule has 2 aromatic carbocycles. The minimum Gasteiger partial charge on any atom is -0.342 e. The predicted molar refractivity (Wildman–Crippen MR) is 116 cm³/mol. The molecule has 1 saturated carbocycles. The molecule has 1 N–H and O–H groups in total. The Bertz CT molecular complexity index is 1260. The molecule has 1 aliphatic rings. The number of rotatable bonds is 3. The topological polar surface area (TPSA) is 65.4 Å². The average Bonchev–Trinajstić information content (AvgIpc) is 3.21. The van der Waals surface area contributed by atoms with Crippen molar-refractivity contribution in [3.8, 4) is 6.07 Å². The van der Waals surface area contributed by atoms with Crippen molar-refractivity contribution in [1.82, 2.24) is 15.0 Å². The molecule has 1 fully saturated rings. The molecule has 5 rings (SSSR count). The largest absolute Gasteiger partial charge is 0.342 e. The summed E-state index contributed by atoms with van der Waals surface area (Å²) in [6.07, 6.45) is 6.25. The van der Waals surface area contributed by atoms with E-state index >= 15 is 0 Å². The van der Waals surface area contributed by atoms with E-state index in [0.29, 0.717) is 23.3 Å². The van der Waals surface area contributed by atoms with Crippen molar-refractivity contribution >= 4 is 21.9 Å². The van der Waals surface area contributed by atoms with Gasteiger partial charge in [-0.1, -0.05) is 6.92 Å². The number of pyridine rings is 1. The third kappa shape index (κ3) is 3.33. The van der Waals surface area contributed by atoms with Crippen LogP contribution in [0.15, 0.2) is 48.7 Å². The fourth-order valence-electron chi connectivity index (χ4n) is 4.96. The Labute approximate surface area is 174 Å². The lowest BCUT2D eigenvalue weighted by Gasteiger charge is -2.32. The minimum absolute atomic E-state index is 0.205. The van der Waals surface area contributed by atoms with E-state index in [1.54, 1.807) is 12.1 Å². The Hall–Kier alpha value is -3.26. The van der Waals surface area contributed by atoms with E-state index in [-0.39, 0.29) is 5.82 Å². The molecular formula is C25H23FN4. The highest BCUT2D eigenvalue weighted by Gasteiger charge is 2.29. The monoisotopic (exact) mass is 398 g/mol. The van der Waals surface area contributed by atoms with Crippen molar-refractivity contribution < 1.29 is 4.39 Å². The van der Waals surface area contributed by atoms with Gasteiger partial charge in [0.2, 0.25) is 0 Å². The molecule has 150 valence electrons. The summed E-state index contributed by atoms with van der Waals surface area (Å²) < 4.78 is 13.8. The third-order valence-electron chi connectivity index (χ3n) is 6.72. The van der Waals surface area contributed by atoms with Crippen LogP contribution in [0.4, 0.5) is 4.39 Å². The number of fused-ring (bicyclic) bond motifs is 2. The number of aromatic nitrogens is 3. The van der Waals surface area contributed by atoms with Crippen LogP contribution in [0.5, 0.6) is 0 Å². The lowest BCUT2D eigenvalue weighted by atomic mass is 9.73. The molecule has 0 bridgehead atoms. The maximum absolute atomic E-state index is 13.8. The number of H-pyrrole nitrogens is 1. The van der Waals surface area contributed by atoms with Gasteiger partial charge in [0.05, 0.1) is 28.2 Å². The summed E-state index contributed by atoms with van der Waals surface area (Å²) in [5.41, 5.74) is 4.57. The Morgan fingerprint density at radius 1 is 1.07 bits per heavy atom. The normalized spacial score (nSPS) is 20.3. The summed E-state index contributed by atoms with van der Waals surface area (Å²) in [4.78, 5) is 12.6. The van der Waals surface area contributed by atoms with E-state index in [2.05, 4.69) is 29.0 Å². The molecule has 0 radical (unpaired) electrons. The zero-order chi connectivity index (χ0) is 20.7. The maximum Gasteiger partial charge on any atom is 0.123 e. The molecule has 0 spiro atoms. The molecule has 0 aliphatic heterocycles. The number of hydrogen-bond donors (Lipinski definition) is 1. The van der Waals surface area contributed by atoms with Gasteiger partial charge in [0.15, 0.2) is 0 Å². The van der Waals surface area contributed by atoms with Gasteiger partial charge in [0.25, 0.3) is 0 Å². The summed E-state index contributed by atoms with van der Waals surface area (Å²) in [6, 6.07) is 14.7. The Morgan fingerprint density at radius 3 is 2.67 bits per heavy atom. The smallest absolute Gasteiger partial charge is 0.123 e. The zero-order valence-corrected chi connectivity index (χ0v) is 16.9. The van der Waals surface area contributed by atoms with Gasteiger partial charge in [-0.3, -0.25) is 4.98 Å². The Morgan fingerprint density at radius 2 is 1.87 bits per heavy atom. The fourth-order valence-corrected chi connectivity index (χ4v) is 4.96. The first-order chi connectivity index (χ1) is 14.6. The molecule has 30 heavy (non-hydrogen) atoms. The predicted octanol–water partition coefficient (Wildman–Crippen LogP) is 6.20. The van der Waals surface area contributed by atoms with Crippen molar-refractivity contribution in [1.29, 1.82) is 5.26 Å². The highest BCUT2D eigenvalue weighted by molar-refractivity contribution is 5.82. The van der Waals surface area contributed by atoms with Gasteiger partial charge in [-0.25, -0.2) is 9.37 Å². The second kappa shape index (κ2) is 7.53. The van der Waals surface area contributed by atoms with Gasteiger partial charge in [-0.05, 0) is 85.5 Å². The quantitative estimate of drug-likeness (QED) is 0.447. The lowest BCUT2D eigenvalue weighted by Crippen LogP contribution is -2.19. The molecule has 1 atom stereocenters. The summed E-state index contributed by atoms with van der Waals surface area (Å²) in [5, 5.41) is 10.1. The lowest BCUT2D eigenvalue weighted by molar-refractivity contribution is 0.286. The summed E-state index contributed by atoms with van der Waals surface area (Å²) >= 11 is 0. The van der Waals surface area contributed by atoms with E-state index < -0.39 is 0 Å². The van der Waals surface area contributed by atoms with Crippen molar-refractivity contribution in [3.63, 3.8) is 0 Å². The van der Waals surface area contributed by atoms with E-state index in [9.17, 15) is 4.39 Å². The molecular weight excluding hydrogens is 375 g/mol. The standard InChI is InChI=1S/C25H23FN4/c1-15(25-29-23-8-2-16(14-27)12-24(23)30-25)17-3-5-18(6-4-17)20-10-11-28-22-9-7-19(26)13-21(20)22/h2,7-13,15,17-18H,3-6H2,1H3,(H,29,30). The Kier molecular flexibility index (Phi) is 4.71. The van der Waals surface area contributed by atoms with Crippen LogP contribution in [0, 0.1) is 23.1 Å². The molecule has 4 aromatic rings. The van der Waals surface area contributed by atoms with Crippen LogP contribution < -0.4 is 0 Å². The van der Waals surface area contributed by atoms with Gasteiger partial charge in [0.1, 0.15) is 11.6 Å². The Balaban J connectivity index is 1.34. The third-order valence-corrected chi connectivity index (χ3v) is 6.72. The molecule has 0 amide bonds. The van der Waals surface area contributed by atoms with Crippen molar-refractivity contribution in [2.45, 2.75) is 44.4 Å². The molecule has 1 unspecified atom stereocenters. The van der Waals surface area contributed by atoms with Gasteiger partial charge in [-0.15, -0.1) is 0 Å². The number of nitrogens with zero attached hydrogens (tertiary/aromatic N) is 3. The molecule has 0 saturated heterocycles. The van der Waals surface area contributed by atoms with Crippen LogP contribution in [-0.2, 0) is 0 Å². The molecule has 4 nitrogen and oxygen atoms in total. The number of nitriles is 1. The highest BCUT2D eigenvalue weighted by atomic mass is 19.1. The van der Waals surface area contributed by atoms with E-state index in [0.717, 1.165) is 53.4 Å². The second-order valence-electron chi connectivity index (χ2n) is 8.43. The molecule has 2 aromatic heterocycles. The van der Waals surface area contributed by atoms with E-state index in [1.807, 2.05) is 24.4 Å². The SMILES string of the molecule is CC(c1nc2ccc(C#N)cc2[nH]1)C1CCC(c2ccnc3ccc(F)cc23)CC1.